The van der Waals surface area contributed by atoms with Gasteiger partial charge in [0.2, 0.25) is 0 Å². The van der Waals surface area contributed by atoms with Crippen molar-refractivity contribution >= 4 is 34.3 Å². The van der Waals surface area contributed by atoms with Crippen molar-refractivity contribution in [3.05, 3.63) is 99.6 Å². The molecule has 0 radical (unpaired) electrons. The van der Waals surface area contributed by atoms with Crippen LogP contribution in [0.5, 0.6) is 0 Å². The van der Waals surface area contributed by atoms with Gasteiger partial charge < -0.3 is 0 Å². The molecule has 0 atom stereocenters. The van der Waals surface area contributed by atoms with Crippen LogP contribution >= 0.6 is 23.4 Å². The molecule has 33 heavy (non-hydrogen) atoms. The SMILES string of the molecule is Cc1ccc(-n2c(SCc3nc4ccccc4c(=O)n3C)nnc2-c2ccc(Cl)cc2)cc1. The van der Waals surface area contributed by atoms with E-state index in [0.29, 0.717) is 32.7 Å². The minimum Gasteiger partial charge on any atom is -0.299 e. The topological polar surface area (TPSA) is 65.6 Å². The Hall–Kier alpha value is -3.42. The first-order chi connectivity index (χ1) is 16.0. The number of rotatable bonds is 5. The number of hydrogen-bond donors (Lipinski definition) is 0. The normalized spacial score (nSPS) is 11.2. The van der Waals surface area contributed by atoms with Crippen LogP contribution in [0, 0.1) is 6.92 Å². The van der Waals surface area contributed by atoms with Crippen LogP contribution in [-0.4, -0.2) is 24.3 Å². The minimum atomic E-state index is -0.0574. The van der Waals surface area contributed by atoms with Gasteiger partial charge in [0.1, 0.15) is 5.82 Å². The summed E-state index contributed by atoms with van der Waals surface area (Å²) in [4.78, 5) is 17.5. The van der Waals surface area contributed by atoms with Crippen molar-refractivity contribution < 1.29 is 0 Å². The number of halogens is 1. The quantitative estimate of drug-likeness (QED) is 0.318. The first kappa shape index (κ1) is 21.4. The van der Waals surface area contributed by atoms with Gasteiger partial charge in [-0.25, -0.2) is 4.98 Å². The summed E-state index contributed by atoms with van der Waals surface area (Å²) >= 11 is 7.57. The molecule has 0 saturated heterocycles. The molecular formula is C25H20ClN5OS. The van der Waals surface area contributed by atoms with Crippen LogP contribution in [0.2, 0.25) is 5.02 Å². The van der Waals surface area contributed by atoms with Crippen LogP contribution in [0.25, 0.3) is 28.0 Å². The average molecular weight is 474 g/mol. The van der Waals surface area contributed by atoms with Crippen LogP contribution in [0.4, 0.5) is 0 Å². The van der Waals surface area contributed by atoms with Gasteiger partial charge in [0.15, 0.2) is 11.0 Å². The standard InChI is InChI=1S/C25H20ClN5OS/c1-16-7-13-19(14-8-16)31-23(17-9-11-18(26)12-10-17)28-29-25(31)33-15-22-27-21-6-4-3-5-20(21)24(32)30(22)2/h3-14H,15H2,1-2H3. The summed E-state index contributed by atoms with van der Waals surface area (Å²) in [6, 6.07) is 23.2. The van der Waals surface area contributed by atoms with E-state index in [9.17, 15) is 4.79 Å². The highest BCUT2D eigenvalue weighted by Gasteiger charge is 2.17. The summed E-state index contributed by atoms with van der Waals surface area (Å²) in [6.07, 6.45) is 0. The summed E-state index contributed by atoms with van der Waals surface area (Å²) in [6.45, 7) is 2.05. The molecule has 0 amide bonds. The van der Waals surface area contributed by atoms with Crippen molar-refractivity contribution in [3.8, 4) is 17.1 Å². The third kappa shape index (κ3) is 4.17. The zero-order chi connectivity index (χ0) is 22.9. The number of nitrogens with zero attached hydrogens (tertiary/aromatic N) is 5. The first-order valence-electron chi connectivity index (χ1n) is 10.4. The summed E-state index contributed by atoms with van der Waals surface area (Å²) in [5.41, 5.74) is 3.68. The molecule has 3 aromatic carbocycles. The molecular weight excluding hydrogens is 454 g/mol. The molecule has 0 unspecified atom stereocenters. The monoisotopic (exact) mass is 473 g/mol. The van der Waals surface area contributed by atoms with Crippen LogP contribution in [-0.2, 0) is 12.8 Å². The van der Waals surface area contributed by atoms with E-state index in [1.165, 1.54) is 17.3 Å². The van der Waals surface area contributed by atoms with Gasteiger partial charge in [-0.1, -0.05) is 53.2 Å². The molecule has 8 heteroatoms. The number of aromatic nitrogens is 5. The lowest BCUT2D eigenvalue weighted by Gasteiger charge is -2.12. The fourth-order valence-corrected chi connectivity index (χ4v) is 4.66. The Morgan fingerprint density at radius 2 is 1.67 bits per heavy atom. The number of benzene rings is 3. The van der Waals surface area contributed by atoms with Crippen LogP contribution in [0.15, 0.2) is 82.7 Å². The number of fused-ring (bicyclic) bond motifs is 1. The Morgan fingerprint density at radius 1 is 0.939 bits per heavy atom. The summed E-state index contributed by atoms with van der Waals surface area (Å²) in [5, 5.41) is 10.9. The third-order valence-electron chi connectivity index (χ3n) is 5.43. The van der Waals surface area contributed by atoms with Crippen molar-refractivity contribution in [2.45, 2.75) is 17.8 Å². The summed E-state index contributed by atoms with van der Waals surface area (Å²) in [7, 11) is 1.75. The zero-order valence-corrected chi connectivity index (χ0v) is 19.6. The molecule has 5 rings (SSSR count). The van der Waals surface area contributed by atoms with E-state index in [1.807, 2.05) is 59.2 Å². The van der Waals surface area contributed by atoms with Gasteiger partial charge in [0, 0.05) is 23.3 Å². The van der Waals surface area contributed by atoms with E-state index in [1.54, 1.807) is 17.7 Å². The molecule has 0 saturated carbocycles. The molecule has 0 aliphatic rings. The number of hydrogen-bond acceptors (Lipinski definition) is 5. The smallest absolute Gasteiger partial charge is 0.261 e. The Morgan fingerprint density at radius 3 is 2.42 bits per heavy atom. The van der Waals surface area contributed by atoms with Gasteiger partial charge >= 0.3 is 0 Å². The van der Waals surface area contributed by atoms with Crippen molar-refractivity contribution in [1.82, 2.24) is 24.3 Å². The second-order valence-corrected chi connectivity index (χ2v) is 9.06. The fourth-order valence-electron chi connectivity index (χ4n) is 3.60. The molecule has 0 fully saturated rings. The van der Waals surface area contributed by atoms with E-state index in [-0.39, 0.29) is 5.56 Å². The molecule has 0 N–H and O–H groups in total. The second-order valence-electron chi connectivity index (χ2n) is 7.68. The molecule has 0 aliphatic carbocycles. The number of para-hydroxylation sites is 1. The minimum absolute atomic E-state index is 0.0574. The van der Waals surface area contributed by atoms with Crippen molar-refractivity contribution in [2.24, 2.45) is 7.05 Å². The molecule has 0 aliphatic heterocycles. The lowest BCUT2D eigenvalue weighted by Crippen LogP contribution is -2.22. The molecule has 5 aromatic rings. The average Bonchev–Trinajstić information content (AvgIpc) is 3.25. The zero-order valence-electron chi connectivity index (χ0n) is 18.1. The fraction of sp³-hybridized carbons (Fsp3) is 0.120. The van der Waals surface area contributed by atoms with Gasteiger partial charge in [-0.15, -0.1) is 10.2 Å². The highest BCUT2D eigenvalue weighted by atomic mass is 35.5. The van der Waals surface area contributed by atoms with Gasteiger partial charge in [0.05, 0.1) is 16.7 Å². The van der Waals surface area contributed by atoms with Gasteiger partial charge in [-0.3, -0.25) is 13.9 Å². The predicted octanol–water partition coefficient (Wildman–Crippen LogP) is 5.44. The van der Waals surface area contributed by atoms with E-state index in [2.05, 4.69) is 29.3 Å². The third-order valence-corrected chi connectivity index (χ3v) is 6.61. The maximum Gasteiger partial charge on any atom is 0.261 e. The lowest BCUT2D eigenvalue weighted by molar-refractivity contribution is 0.782. The van der Waals surface area contributed by atoms with Crippen LogP contribution in [0.1, 0.15) is 11.4 Å². The Kier molecular flexibility index (Phi) is 5.74. The van der Waals surface area contributed by atoms with Crippen molar-refractivity contribution in [2.75, 3.05) is 0 Å². The Balaban J connectivity index is 1.55. The molecule has 0 spiro atoms. The second kappa shape index (κ2) is 8.84. The maximum absolute atomic E-state index is 12.8. The molecule has 2 aromatic heterocycles. The van der Waals surface area contributed by atoms with Crippen LogP contribution in [0.3, 0.4) is 0 Å². The molecule has 6 nitrogen and oxygen atoms in total. The van der Waals surface area contributed by atoms with Gasteiger partial charge in [-0.05, 0) is 55.5 Å². The van der Waals surface area contributed by atoms with Crippen molar-refractivity contribution in [3.63, 3.8) is 0 Å². The highest BCUT2D eigenvalue weighted by molar-refractivity contribution is 7.98. The molecule has 2 heterocycles. The van der Waals surface area contributed by atoms with E-state index < -0.39 is 0 Å². The molecule has 164 valence electrons. The number of aryl methyl sites for hydroxylation is 1. The summed E-state index contributed by atoms with van der Waals surface area (Å²) in [5.74, 6) is 1.87. The van der Waals surface area contributed by atoms with E-state index in [0.717, 1.165) is 17.1 Å². The number of thioether (sulfide) groups is 1. The Labute approximate surface area is 199 Å². The summed E-state index contributed by atoms with van der Waals surface area (Å²) < 4.78 is 3.62. The predicted molar refractivity (Wildman–Crippen MR) is 133 cm³/mol. The molecule has 0 bridgehead atoms. The highest BCUT2D eigenvalue weighted by Crippen LogP contribution is 2.30. The van der Waals surface area contributed by atoms with Crippen LogP contribution < -0.4 is 5.56 Å². The lowest BCUT2D eigenvalue weighted by atomic mass is 10.2. The van der Waals surface area contributed by atoms with Crippen molar-refractivity contribution in [1.29, 1.82) is 0 Å². The van der Waals surface area contributed by atoms with E-state index in [4.69, 9.17) is 16.6 Å². The Bertz CT molecular complexity index is 1510. The largest absolute Gasteiger partial charge is 0.299 e. The van der Waals surface area contributed by atoms with Gasteiger partial charge in [-0.2, -0.15) is 0 Å². The maximum atomic E-state index is 12.8. The van der Waals surface area contributed by atoms with Gasteiger partial charge in [0.25, 0.3) is 5.56 Å². The first-order valence-corrected chi connectivity index (χ1v) is 11.7. The van der Waals surface area contributed by atoms with E-state index >= 15 is 0 Å².